The molecule has 23 heavy (non-hydrogen) atoms. The SMILES string of the molecule is CS(=O)(=O)c1ccc(CN2CCC[C@H](N3CCCC3=O)C2)cc1. The summed E-state index contributed by atoms with van der Waals surface area (Å²) in [5.41, 5.74) is 1.12. The molecule has 0 spiro atoms. The summed E-state index contributed by atoms with van der Waals surface area (Å²) in [5.74, 6) is 0.300. The van der Waals surface area contributed by atoms with Gasteiger partial charge in [-0.1, -0.05) is 12.1 Å². The average molecular weight is 336 g/mol. The molecule has 3 rings (SSSR count). The molecule has 5 nitrogen and oxygen atoms in total. The Balaban J connectivity index is 1.62. The van der Waals surface area contributed by atoms with E-state index in [9.17, 15) is 13.2 Å². The van der Waals surface area contributed by atoms with Crippen molar-refractivity contribution < 1.29 is 13.2 Å². The maximum Gasteiger partial charge on any atom is 0.222 e. The molecule has 2 aliphatic rings. The summed E-state index contributed by atoms with van der Waals surface area (Å²) < 4.78 is 23.0. The summed E-state index contributed by atoms with van der Waals surface area (Å²) >= 11 is 0. The van der Waals surface area contributed by atoms with Crippen LogP contribution >= 0.6 is 0 Å². The van der Waals surface area contributed by atoms with Crippen molar-refractivity contribution >= 4 is 15.7 Å². The van der Waals surface area contributed by atoms with Gasteiger partial charge in [0.2, 0.25) is 5.91 Å². The highest BCUT2D eigenvalue weighted by molar-refractivity contribution is 7.90. The zero-order valence-corrected chi connectivity index (χ0v) is 14.4. The number of rotatable bonds is 4. The van der Waals surface area contributed by atoms with Crippen molar-refractivity contribution in [2.24, 2.45) is 0 Å². The first-order valence-corrected chi connectivity index (χ1v) is 10.1. The molecule has 0 N–H and O–H groups in total. The van der Waals surface area contributed by atoms with Gasteiger partial charge >= 0.3 is 0 Å². The predicted octanol–water partition coefficient (Wildman–Crippen LogP) is 1.68. The molecule has 0 unspecified atom stereocenters. The Morgan fingerprint density at radius 3 is 2.48 bits per heavy atom. The van der Waals surface area contributed by atoms with Gasteiger partial charge in [0.1, 0.15) is 0 Å². The highest BCUT2D eigenvalue weighted by atomic mass is 32.2. The molecule has 0 aliphatic carbocycles. The van der Waals surface area contributed by atoms with E-state index in [1.807, 2.05) is 12.1 Å². The zero-order chi connectivity index (χ0) is 16.4. The fourth-order valence-electron chi connectivity index (χ4n) is 3.58. The van der Waals surface area contributed by atoms with Gasteiger partial charge in [-0.25, -0.2) is 8.42 Å². The second-order valence-electron chi connectivity index (χ2n) is 6.64. The molecule has 2 heterocycles. The maximum atomic E-state index is 11.9. The van der Waals surface area contributed by atoms with Gasteiger partial charge in [-0.2, -0.15) is 0 Å². The van der Waals surface area contributed by atoms with E-state index in [4.69, 9.17) is 0 Å². The van der Waals surface area contributed by atoms with Gasteiger partial charge in [-0.05, 0) is 43.5 Å². The van der Waals surface area contributed by atoms with Gasteiger partial charge < -0.3 is 4.90 Å². The number of hydrogen-bond acceptors (Lipinski definition) is 4. The van der Waals surface area contributed by atoms with Crippen molar-refractivity contribution in [2.45, 2.75) is 43.2 Å². The largest absolute Gasteiger partial charge is 0.338 e. The van der Waals surface area contributed by atoms with Gasteiger partial charge in [0.15, 0.2) is 9.84 Å². The Morgan fingerprint density at radius 2 is 1.87 bits per heavy atom. The third kappa shape index (κ3) is 3.93. The molecule has 1 aromatic rings. The van der Waals surface area contributed by atoms with E-state index in [1.165, 1.54) is 6.26 Å². The van der Waals surface area contributed by atoms with Crippen LogP contribution in [0.1, 0.15) is 31.2 Å². The molecule has 0 aromatic heterocycles. The minimum Gasteiger partial charge on any atom is -0.338 e. The highest BCUT2D eigenvalue weighted by Gasteiger charge is 2.31. The van der Waals surface area contributed by atoms with Gasteiger partial charge in [0.25, 0.3) is 0 Å². The van der Waals surface area contributed by atoms with Crippen molar-refractivity contribution in [1.29, 1.82) is 0 Å². The van der Waals surface area contributed by atoms with Crippen LogP contribution in [-0.4, -0.2) is 56.1 Å². The molecule has 1 aromatic carbocycles. The third-order valence-corrected chi connectivity index (χ3v) is 5.92. The molecule has 126 valence electrons. The van der Waals surface area contributed by atoms with Crippen molar-refractivity contribution in [3.05, 3.63) is 29.8 Å². The normalized spacial score (nSPS) is 23.4. The smallest absolute Gasteiger partial charge is 0.222 e. The molecule has 2 fully saturated rings. The molecule has 1 atom stereocenters. The Hall–Kier alpha value is -1.40. The highest BCUT2D eigenvalue weighted by Crippen LogP contribution is 2.22. The number of carbonyl (C=O) groups excluding carboxylic acids is 1. The van der Waals surface area contributed by atoms with Crippen LogP contribution in [0, 0.1) is 0 Å². The van der Waals surface area contributed by atoms with Crippen LogP contribution in [0.3, 0.4) is 0 Å². The number of carbonyl (C=O) groups is 1. The molecule has 2 aliphatic heterocycles. The van der Waals surface area contributed by atoms with Crippen molar-refractivity contribution in [3.63, 3.8) is 0 Å². The van der Waals surface area contributed by atoms with E-state index in [-0.39, 0.29) is 0 Å². The Morgan fingerprint density at radius 1 is 1.13 bits per heavy atom. The standard InChI is InChI=1S/C17H24N2O3S/c1-23(21,22)16-8-6-14(7-9-16)12-18-10-2-4-15(13-18)19-11-3-5-17(19)20/h6-9,15H,2-5,10-13H2,1H3/t15-/m0/s1. The summed E-state index contributed by atoms with van der Waals surface area (Å²) in [4.78, 5) is 16.7. The maximum absolute atomic E-state index is 11.9. The van der Waals surface area contributed by atoms with E-state index in [2.05, 4.69) is 9.80 Å². The summed E-state index contributed by atoms with van der Waals surface area (Å²) in [7, 11) is -3.14. The topological polar surface area (TPSA) is 57.7 Å². The lowest BCUT2D eigenvalue weighted by molar-refractivity contribution is -0.130. The summed E-state index contributed by atoms with van der Waals surface area (Å²) in [6.07, 6.45) is 5.11. The number of likely N-dealkylation sites (tertiary alicyclic amines) is 2. The number of piperidine rings is 1. The van der Waals surface area contributed by atoms with Crippen molar-refractivity contribution in [3.8, 4) is 0 Å². The fraction of sp³-hybridized carbons (Fsp3) is 0.588. The molecular formula is C17H24N2O3S. The van der Waals surface area contributed by atoms with Crippen LogP contribution in [0.15, 0.2) is 29.2 Å². The van der Waals surface area contributed by atoms with Crippen LogP contribution in [0.4, 0.5) is 0 Å². The first-order valence-electron chi connectivity index (χ1n) is 8.24. The van der Waals surface area contributed by atoms with Crippen molar-refractivity contribution in [2.75, 3.05) is 25.9 Å². The second-order valence-corrected chi connectivity index (χ2v) is 8.65. The number of benzene rings is 1. The number of amides is 1. The molecule has 0 radical (unpaired) electrons. The number of hydrogen-bond donors (Lipinski definition) is 0. The van der Waals surface area contributed by atoms with E-state index in [0.29, 0.717) is 23.3 Å². The quantitative estimate of drug-likeness (QED) is 0.839. The summed E-state index contributed by atoms with van der Waals surface area (Å²) in [5, 5.41) is 0. The second kappa shape index (κ2) is 6.61. The summed E-state index contributed by atoms with van der Waals surface area (Å²) in [6.45, 7) is 3.66. The monoisotopic (exact) mass is 336 g/mol. The first-order chi connectivity index (χ1) is 10.9. The average Bonchev–Trinajstić information content (AvgIpc) is 2.93. The Labute approximate surface area is 138 Å². The van der Waals surface area contributed by atoms with E-state index >= 15 is 0 Å². The molecular weight excluding hydrogens is 312 g/mol. The van der Waals surface area contributed by atoms with Crippen molar-refractivity contribution in [1.82, 2.24) is 9.80 Å². The first kappa shape index (κ1) is 16.5. The lowest BCUT2D eigenvalue weighted by atomic mass is 10.0. The van der Waals surface area contributed by atoms with Gasteiger partial charge in [0.05, 0.1) is 4.90 Å². The Kier molecular flexibility index (Phi) is 4.73. The van der Waals surface area contributed by atoms with Gasteiger partial charge in [-0.3, -0.25) is 9.69 Å². The van der Waals surface area contributed by atoms with Crippen LogP contribution in [0.5, 0.6) is 0 Å². The van der Waals surface area contributed by atoms with E-state index in [1.54, 1.807) is 12.1 Å². The molecule has 0 saturated carbocycles. The van der Waals surface area contributed by atoms with Crippen LogP contribution < -0.4 is 0 Å². The fourth-order valence-corrected chi connectivity index (χ4v) is 4.22. The zero-order valence-electron chi connectivity index (χ0n) is 13.6. The predicted molar refractivity (Wildman–Crippen MR) is 88.8 cm³/mol. The number of nitrogens with zero attached hydrogens (tertiary/aromatic N) is 2. The third-order valence-electron chi connectivity index (χ3n) is 4.79. The summed E-state index contributed by atoms with van der Waals surface area (Å²) in [6, 6.07) is 7.47. The minimum absolute atomic E-state index is 0.300. The molecule has 6 heteroatoms. The van der Waals surface area contributed by atoms with Crippen LogP contribution in [0.25, 0.3) is 0 Å². The molecule has 1 amide bonds. The lowest BCUT2D eigenvalue weighted by Gasteiger charge is -2.37. The Bertz CT molecular complexity index is 670. The molecule has 2 saturated heterocycles. The van der Waals surface area contributed by atoms with E-state index in [0.717, 1.165) is 51.0 Å². The van der Waals surface area contributed by atoms with E-state index < -0.39 is 9.84 Å². The molecule has 0 bridgehead atoms. The van der Waals surface area contributed by atoms with Crippen LogP contribution in [-0.2, 0) is 21.2 Å². The van der Waals surface area contributed by atoms with Gasteiger partial charge in [0, 0.05) is 38.4 Å². The number of sulfone groups is 1. The lowest BCUT2D eigenvalue weighted by Crippen LogP contribution is -2.48. The van der Waals surface area contributed by atoms with Gasteiger partial charge in [-0.15, -0.1) is 0 Å². The minimum atomic E-state index is -3.14. The van der Waals surface area contributed by atoms with Crippen LogP contribution in [0.2, 0.25) is 0 Å².